The van der Waals surface area contributed by atoms with Crippen molar-refractivity contribution >= 4 is 5.97 Å². The Labute approximate surface area is 93.0 Å². The molecule has 0 saturated heterocycles. The summed E-state index contributed by atoms with van der Waals surface area (Å²) in [5, 5.41) is 0. The molecule has 86 valence electrons. The second-order valence-corrected chi connectivity index (χ2v) is 4.04. The predicted octanol–water partition coefficient (Wildman–Crippen LogP) is 3.49. The summed E-state index contributed by atoms with van der Waals surface area (Å²) in [6.45, 7) is 11.8. The topological polar surface area (TPSA) is 26.3 Å². The summed E-state index contributed by atoms with van der Waals surface area (Å²) in [7, 11) is 0. The zero-order chi connectivity index (χ0) is 11.7. The Kier molecular flexibility index (Phi) is 6.76. The minimum absolute atomic E-state index is 0.143. The third-order valence-electron chi connectivity index (χ3n) is 2.41. The lowest BCUT2D eigenvalue weighted by molar-refractivity contribution is -0.154. The van der Waals surface area contributed by atoms with Crippen molar-refractivity contribution in [3.05, 3.63) is 25.3 Å². The van der Waals surface area contributed by atoms with Gasteiger partial charge in [-0.3, -0.25) is 4.79 Å². The second kappa shape index (κ2) is 7.27. The number of unbranched alkanes of at least 4 members (excludes halogenated alkanes) is 1. The first-order valence-electron chi connectivity index (χ1n) is 5.49. The van der Waals surface area contributed by atoms with Crippen LogP contribution in [0.3, 0.4) is 0 Å². The molecule has 15 heavy (non-hydrogen) atoms. The van der Waals surface area contributed by atoms with Crippen LogP contribution in [0.2, 0.25) is 0 Å². The molecule has 0 aromatic carbocycles. The standard InChI is InChI=1S/C13H22O2/c1-5-8-11-15-12(14)13(4,9-6-2)10-7-3/h6-7H,2-3,5,8-11H2,1,4H3. The molecule has 0 spiro atoms. The van der Waals surface area contributed by atoms with E-state index in [2.05, 4.69) is 20.1 Å². The van der Waals surface area contributed by atoms with E-state index < -0.39 is 5.41 Å². The maximum Gasteiger partial charge on any atom is 0.312 e. The lowest BCUT2D eigenvalue weighted by Crippen LogP contribution is -2.29. The average Bonchev–Trinajstić information content (AvgIpc) is 2.18. The summed E-state index contributed by atoms with van der Waals surface area (Å²) in [6, 6.07) is 0. The maximum absolute atomic E-state index is 11.8. The van der Waals surface area contributed by atoms with Gasteiger partial charge in [-0.25, -0.2) is 0 Å². The Morgan fingerprint density at radius 2 is 1.87 bits per heavy atom. The molecule has 0 aromatic rings. The van der Waals surface area contributed by atoms with E-state index >= 15 is 0 Å². The number of allylic oxidation sites excluding steroid dienone is 2. The number of hydrogen-bond acceptors (Lipinski definition) is 2. The summed E-state index contributed by atoms with van der Waals surface area (Å²) < 4.78 is 5.22. The molecule has 0 aliphatic carbocycles. The molecule has 0 rings (SSSR count). The highest BCUT2D eigenvalue weighted by molar-refractivity contribution is 5.76. The molecule has 0 bridgehead atoms. The van der Waals surface area contributed by atoms with Crippen molar-refractivity contribution in [1.82, 2.24) is 0 Å². The SMILES string of the molecule is C=CCC(C)(CC=C)C(=O)OCCCC. The fourth-order valence-electron chi connectivity index (χ4n) is 1.37. The molecule has 0 fully saturated rings. The van der Waals surface area contributed by atoms with Crippen LogP contribution >= 0.6 is 0 Å². The number of rotatable bonds is 8. The van der Waals surface area contributed by atoms with Gasteiger partial charge in [-0.05, 0) is 26.2 Å². The van der Waals surface area contributed by atoms with E-state index in [0.717, 1.165) is 12.8 Å². The van der Waals surface area contributed by atoms with Crippen LogP contribution in [0, 0.1) is 5.41 Å². The van der Waals surface area contributed by atoms with Gasteiger partial charge in [0, 0.05) is 0 Å². The van der Waals surface area contributed by atoms with Gasteiger partial charge in [-0.1, -0.05) is 25.5 Å². The van der Waals surface area contributed by atoms with E-state index in [-0.39, 0.29) is 5.97 Å². The van der Waals surface area contributed by atoms with E-state index in [9.17, 15) is 4.79 Å². The zero-order valence-electron chi connectivity index (χ0n) is 9.92. The maximum atomic E-state index is 11.8. The Hall–Kier alpha value is -1.05. The van der Waals surface area contributed by atoms with Crippen molar-refractivity contribution in [3.63, 3.8) is 0 Å². The molecule has 0 unspecified atom stereocenters. The largest absolute Gasteiger partial charge is 0.465 e. The predicted molar refractivity (Wildman–Crippen MR) is 63.6 cm³/mol. The van der Waals surface area contributed by atoms with E-state index in [1.807, 2.05) is 6.92 Å². The smallest absolute Gasteiger partial charge is 0.312 e. The third kappa shape index (κ3) is 4.82. The average molecular weight is 210 g/mol. The molecule has 0 amide bonds. The Morgan fingerprint density at radius 3 is 2.27 bits per heavy atom. The first-order chi connectivity index (χ1) is 7.10. The molecular formula is C13H22O2. The van der Waals surface area contributed by atoms with Gasteiger partial charge in [0.15, 0.2) is 0 Å². The molecule has 0 N–H and O–H groups in total. The molecule has 2 heteroatoms. The van der Waals surface area contributed by atoms with Crippen molar-refractivity contribution in [2.45, 2.75) is 39.5 Å². The molecule has 0 radical (unpaired) electrons. The summed E-state index contributed by atoms with van der Waals surface area (Å²) in [6.07, 6.45) is 6.72. The summed E-state index contributed by atoms with van der Waals surface area (Å²) in [5.41, 5.74) is -0.489. The zero-order valence-corrected chi connectivity index (χ0v) is 9.92. The quantitative estimate of drug-likeness (QED) is 0.348. The minimum atomic E-state index is -0.489. The molecule has 0 aliphatic rings. The van der Waals surface area contributed by atoms with E-state index in [0.29, 0.717) is 19.4 Å². The summed E-state index contributed by atoms with van der Waals surface area (Å²) in [4.78, 5) is 11.8. The van der Waals surface area contributed by atoms with Gasteiger partial charge in [-0.15, -0.1) is 13.2 Å². The Morgan fingerprint density at radius 1 is 1.33 bits per heavy atom. The van der Waals surface area contributed by atoms with Crippen LogP contribution in [0.5, 0.6) is 0 Å². The molecule has 0 aromatic heterocycles. The molecular weight excluding hydrogens is 188 g/mol. The fraction of sp³-hybridized carbons (Fsp3) is 0.615. The summed E-state index contributed by atoms with van der Waals surface area (Å²) >= 11 is 0. The van der Waals surface area contributed by atoms with Crippen molar-refractivity contribution < 1.29 is 9.53 Å². The van der Waals surface area contributed by atoms with Gasteiger partial charge in [0.1, 0.15) is 0 Å². The first-order valence-corrected chi connectivity index (χ1v) is 5.49. The molecule has 0 atom stereocenters. The molecule has 0 aliphatic heterocycles. The lowest BCUT2D eigenvalue weighted by Gasteiger charge is -2.24. The number of hydrogen-bond donors (Lipinski definition) is 0. The third-order valence-corrected chi connectivity index (χ3v) is 2.41. The highest BCUT2D eigenvalue weighted by Gasteiger charge is 2.31. The first kappa shape index (κ1) is 13.9. The van der Waals surface area contributed by atoms with E-state index in [1.54, 1.807) is 12.2 Å². The molecule has 2 nitrogen and oxygen atoms in total. The summed E-state index contributed by atoms with van der Waals surface area (Å²) in [5.74, 6) is -0.143. The van der Waals surface area contributed by atoms with E-state index in [4.69, 9.17) is 4.74 Å². The number of carbonyl (C=O) groups excluding carboxylic acids is 1. The molecule has 0 saturated carbocycles. The van der Waals surface area contributed by atoms with Crippen LogP contribution in [0.25, 0.3) is 0 Å². The van der Waals surface area contributed by atoms with Crippen molar-refractivity contribution in [3.8, 4) is 0 Å². The van der Waals surface area contributed by atoms with Crippen molar-refractivity contribution in [2.24, 2.45) is 5.41 Å². The number of esters is 1. The second-order valence-electron chi connectivity index (χ2n) is 4.04. The monoisotopic (exact) mass is 210 g/mol. The van der Waals surface area contributed by atoms with Gasteiger partial charge in [0.05, 0.1) is 12.0 Å². The lowest BCUT2D eigenvalue weighted by atomic mass is 9.83. The van der Waals surface area contributed by atoms with E-state index in [1.165, 1.54) is 0 Å². The van der Waals surface area contributed by atoms with Crippen LogP contribution in [-0.4, -0.2) is 12.6 Å². The fourth-order valence-corrected chi connectivity index (χ4v) is 1.37. The Bertz CT molecular complexity index is 209. The van der Waals surface area contributed by atoms with Crippen molar-refractivity contribution in [2.75, 3.05) is 6.61 Å². The Balaban J connectivity index is 4.27. The van der Waals surface area contributed by atoms with Crippen LogP contribution < -0.4 is 0 Å². The van der Waals surface area contributed by atoms with Gasteiger partial charge in [-0.2, -0.15) is 0 Å². The molecule has 0 heterocycles. The normalized spacial score (nSPS) is 10.8. The van der Waals surface area contributed by atoms with Gasteiger partial charge >= 0.3 is 5.97 Å². The van der Waals surface area contributed by atoms with Gasteiger partial charge in [0.2, 0.25) is 0 Å². The van der Waals surface area contributed by atoms with Crippen LogP contribution in [-0.2, 0) is 9.53 Å². The van der Waals surface area contributed by atoms with Gasteiger partial charge < -0.3 is 4.74 Å². The van der Waals surface area contributed by atoms with Crippen LogP contribution in [0.1, 0.15) is 39.5 Å². The van der Waals surface area contributed by atoms with Gasteiger partial charge in [0.25, 0.3) is 0 Å². The highest BCUT2D eigenvalue weighted by Crippen LogP contribution is 2.28. The minimum Gasteiger partial charge on any atom is -0.465 e. The highest BCUT2D eigenvalue weighted by atomic mass is 16.5. The number of ether oxygens (including phenoxy) is 1. The van der Waals surface area contributed by atoms with Crippen LogP contribution in [0.15, 0.2) is 25.3 Å². The van der Waals surface area contributed by atoms with Crippen molar-refractivity contribution in [1.29, 1.82) is 0 Å². The number of carbonyl (C=O) groups is 1. The van der Waals surface area contributed by atoms with Crippen LogP contribution in [0.4, 0.5) is 0 Å².